The maximum Gasteiger partial charge on any atom is 0.224 e. The highest BCUT2D eigenvalue weighted by molar-refractivity contribution is 7.12. The van der Waals surface area contributed by atoms with Gasteiger partial charge in [-0.25, -0.2) is 4.98 Å². The van der Waals surface area contributed by atoms with Crippen LogP contribution in [0.3, 0.4) is 0 Å². The van der Waals surface area contributed by atoms with Gasteiger partial charge in [-0.05, 0) is 39.3 Å². The third-order valence-electron chi connectivity index (χ3n) is 2.94. The minimum atomic E-state index is 0.252. The highest BCUT2D eigenvalue weighted by atomic mass is 32.1. The van der Waals surface area contributed by atoms with Crippen molar-refractivity contribution in [3.63, 3.8) is 0 Å². The van der Waals surface area contributed by atoms with Gasteiger partial charge in [-0.3, -0.25) is 0 Å². The van der Waals surface area contributed by atoms with Crippen LogP contribution in [-0.2, 0) is 0 Å². The molecule has 20 heavy (non-hydrogen) atoms. The lowest BCUT2D eigenvalue weighted by molar-refractivity contribution is 0.886. The van der Waals surface area contributed by atoms with Crippen LogP contribution in [0.15, 0.2) is 18.2 Å². The van der Waals surface area contributed by atoms with Gasteiger partial charge in [0.25, 0.3) is 0 Å². The van der Waals surface area contributed by atoms with E-state index in [1.165, 1.54) is 9.75 Å². The van der Waals surface area contributed by atoms with E-state index >= 15 is 0 Å². The Balaban J connectivity index is 2.10. The van der Waals surface area contributed by atoms with Crippen LogP contribution in [0.4, 0.5) is 11.8 Å². The molecule has 1 unspecified atom stereocenters. The molecule has 0 aromatic carbocycles. The van der Waals surface area contributed by atoms with E-state index in [0.717, 1.165) is 24.5 Å². The highest BCUT2D eigenvalue weighted by Crippen LogP contribution is 2.25. The van der Waals surface area contributed by atoms with Gasteiger partial charge < -0.3 is 10.6 Å². The first-order valence-electron chi connectivity index (χ1n) is 7.01. The van der Waals surface area contributed by atoms with Gasteiger partial charge in [0.05, 0.1) is 6.04 Å². The van der Waals surface area contributed by atoms with Crippen molar-refractivity contribution in [2.24, 2.45) is 0 Å². The molecular formula is C15H22N4S. The first kappa shape index (κ1) is 14.8. The fourth-order valence-electron chi connectivity index (χ4n) is 1.94. The molecule has 0 spiro atoms. The number of rotatable bonds is 6. The van der Waals surface area contributed by atoms with Gasteiger partial charge in [-0.1, -0.05) is 6.92 Å². The van der Waals surface area contributed by atoms with Crippen molar-refractivity contribution in [2.45, 2.75) is 40.2 Å². The number of nitrogens with zero attached hydrogens (tertiary/aromatic N) is 2. The Morgan fingerprint density at radius 1 is 1.25 bits per heavy atom. The molecule has 2 heterocycles. The van der Waals surface area contributed by atoms with Gasteiger partial charge in [0.15, 0.2) is 0 Å². The molecule has 1 atom stereocenters. The minimum absolute atomic E-state index is 0.252. The van der Waals surface area contributed by atoms with Crippen molar-refractivity contribution >= 4 is 23.1 Å². The van der Waals surface area contributed by atoms with Crippen molar-refractivity contribution in [1.82, 2.24) is 9.97 Å². The quantitative estimate of drug-likeness (QED) is 0.839. The van der Waals surface area contributed by atoms with E-state index in [-0.39, 0.29) is 6.04 Å². The summed E-state index contributed by atoms with van der Waals surface area (Å²) in [6.07, 6.45) is 1.06. The predicted octanol–water partition coefficient (Wildman–Crippen LogP) is 4.15. The predicted molar refractivity (Wildman–Crippen MR) is 86.6 cm³/mol. The molecule has 5 heteroatoms. The van der Waals surface area contributed by atoms with Crippen LogP contribution in [0.25, 0.3) is 0 Å². The second-order valence-corrected chi connectivity index (χ2v) is 6.28. The van der Waals surface area contributed by atoms with E-state index in [2.05, 4.69) is 53.5 Å². The van der Waals surface area contributed by atoms with Gasteiger partial charge in [0.1, 0.15) is 5.82 Å². The number of aryl methyl sites for hydroxylation is 2. The van der Waals surface area contributed by atoms with E-state index in [1.807, 2.05) is 24.3 Å². The van der Waals surface area contributed by atoms with Crippen LogP contribution in [-0.4, -0.2) is 16.5 Å². The van der Waals surface area contributed by atoms with Crippen molar-refractivity contribution in [1.29, 1.82) is 0 Å². The number of thiophene rings is 1. The van der Waals surface area contributed by atoms with Crippen molar-refractivity contribution in [2.75, 3.05) is 17.2 Å². The van der Waals surface area contributed by atoms with Gasteiger partial charge in [0.2, 0.25) is 5.95 Å². The van der Waals surface area contributed by atoms with E-state index in [1.54, 1.807) is 0 Å². The summed E-state index contributed by atoms with van der Waals surface area (Å²) in [5, 5.41) is 6.68. The Morgan fingerprint density at radius 2 is 2.05 bits per heavy atom. The number of aromatic nitrogens is 2. The molecule has 108 valence electrons. The maximum atomic E-state index is 4.51. The second kappa shape index (κ2) is 6.70. The van der Waals surface area contributed by atoms with Crippen LogP contribution in [0, 0.1) is 13.8 Å². The third-order valence-corrected chi connectivity index (χ3v) is 4.12. The van der Waals surface area contributed by atoms with E-state index in [4.69, 9.17) is 0 Å². The Morgan fingerprint density at radius 3 is 2.70 bits per heavy atom. The van der Waals surface area contributed by atoms with Gasteiger partial charge >= 0.3 is 0 Å². The average Bonchev–Trinajstić information content (AvgIpc) is 2.82. The Hall–Kier alpha value is -1.62. The molecule has 0 amide bonds. The molecule has 0 radical (unpaired) electrons. The van der Waals surface area contributed by atoms with Crippen LogP contribution < -0.4 is 10.6 Å². The summed E-state index contributed by atoms with van der Waals surface area (Å²) in [5.41, 5.74) is 0.968. The molecule has 2 N–H and O–H groups in total. The summed E-state index contributed by atoms with van der Waals surface area (Å²) in [5.74, 6) is 1.57. The summed E-state index contributed by atoms with van der Waals surface area (Å²) in [6.45, 7) is 9.29. The van der Waals surface area contributed by atoms with Crippen molar-refractivity contribution in [3.05, 3.63) is 33.6 Å². The summed E-state index contributed by atoms with van der Waals surface area (Å²) in [6, 6.07) is 6.55. The molecule has 0 fully saturated rings. The number of nitrogens with one attached hydrogen (secondary N) is 2. The normalized spacial score (nSPS) is 12.2. The standard InChI is InChI=1S/C15H22N4S/c1-5-8-16-15-17-10(2)9-14(19-15)18-12(4)13-7-6-11(3)20-13/h6-7,9,12H,5,8H2,1-4H3,(H2,16,17,18,19). The number of anilines is 2. The third kappa shape index (κ3) is 3.93. The molecule has 2 aromatic heterocycles. The van der Waals surface area contributed by atoms with Gasteiger partial charge in [0, 0.05) is 28.1 Å². The monoisotopic (exact) mass is 290 g/mol. The van der Waals surface area contributed by atoms with Crippen LogP contribution in [0.5, 0.6) is 0 Å². The lowest BCUT2D eigenvalue weighted by Crippen LogP contribution is -2.10. The summed E-state index contributed by atoms with van der Waals surface area (Å²) in [7, 11) is 0. The molecule has 4 nitrogen and oxygen atoms in total. The molecule has 0 aliphatic heterocycles. The second-order valence-electron chi connectivity index (χ2n) is 4.96. The van der Waals surface area contributed by atoms with Gasteiger partial charge in [-0.2, -0.15) is 4.98 Å². The lowest BCUT2D eigenvalue weighted by Gasteiger charge is -2.14. The van der Waals surface area contributed by atoms with E-state index < -0.39 is 0 Å². The summed E-state index contributed by atoms with van der Waals surface area (Å²) >= 11 is 1.82. The Kier molecular flexibility index (Phi) is 4.95. The molecular weight excluding hydrogens is 268 g/mol. The molecule has 0 aliphatic rings. The van der Waals surface area contributed by atoms with Crippen LogP contribution in [0.2, 0.25) is 0 Å². The zero-order valence-electron chi connectivity index (χ0n) is 12.5. The van der Waals surface area contributed by atoms with Crippen LogP contribution in [0.1, 0.15) is 41.8 Å². The lowest BCUT2D eigenvalue weighted by atomic mass is 10.2. The molecule has 0 bridgehead atoms. The number of hydrogen-bond acceptors (Lipinski definition) is 5. The van der Waals surface area contributed by atoms with Crippen molar-refractivity contribution < 1.29 is 0 Å². The smallest absolute Gasteiger partial charge is 0.224 e. The summed E-state index contributed by atoms with van der Waals surface area (Å²) in [4.78, 5) is 11.6. The maximum absolute atomic E-state index is 4.51. The van der Waals surface area contributed by atoms with Crippen molar-refractivity contribution in [3.8, 4) is 0 Å². The molecule has 2 rings (SSSR count). The Labute approximate surface area is 124 Å². The van der Waals surface area contributed by atoms with E-state index in [9.17, 15) is 0 Å². The topological polar surface area (TPSA) is 49.8 Å². The molecule has 0 aliphatic carbocycles. The average molecular weight is 290 g/mol. The zero-order chi connectivity index (χ0) is 14.5. The fraction of sp³-hybridized carbons (Fsp3) is 0.467. The van der Waals surface area contributed by atoms with E-state index in [0.29, 0.717) is 5.95 Å². The minimum Gasteiger partial charge on any atom is -0.363 e. The SMILES string of the molecule is CCCNc1nc(C)cc(NC(C)c2ccc(C)s2)n1. The van der Waals surface area contributed by atoms with Gasteiger partial charge in [-0.15, -0.1) is 11.3 Å². The molecule has 0 saturated heterocycles. The fourth-order valence-corrected chi connectivity index (χ4v) is 2.82. The molecule has 2 aromatic rings. The largest absolute Gasteiger partial charge is 0.363 e. The Bertz CT molecular complexity index is 565. The first-order chi connectivity index (χ1) is 9.58. The number of hydrogen-bond donors (Lipinski definition) is 2. The molecule has 0 saturated carbocycles. The van der Waals surface area contributed by atoms with Crippen LogP contribution >= 0.6 is 11.3 Å². The summed E-state index contributed by atoms with van der Waals surface area (Å²) < 4.78 is 0. The highest BCUT2D eigenvalue weighted by Gasteiger charge is 2.09. The zero-order valence-corrected chi connectivity index (χ0v) is 13.3. The first-order valence-corrected chi connectivity index (χ1v) is 7.82.